The topological polar surface area (TPSA) is 55.1 Å². The molecular weight excluding hydrogens is 316 g/mol. The van der Waals surface area contributed by atoms with Crippen molar-refractivity contribution in [2.45, 2.75) is 6.18 Å². The summed E-state index contributed by atoms with van der Waals surface area (Å²) in [5, 5.41) is 6.56. The Hall–Kier alpha value is -2.90. The number of nitrogens with one attached hydrogen (secondary N) is 1. The Morgan fingerprint density at radius 2 is 1.87 bits per heavy atom. The Balaban J connectivity index is 1.88. The quantitative estimate of drug-likeness (QED) is 0.717. The van der Waals surface area contributed by atoms with Gasteiger partial charge in [0, 0.05) is 5.56 Å². The molecule has 0 unspecified atom stereocenters. The molecule has 0 atom stereocenters. The molecular formula is C15H8F4N2O2. The number of para-hydroxylation sites is 1. The molecule has 1 aromatic heterocycles. The number of hydrogen-bond donors (Lipinski definition) is 1. The van der Waals surface area contributed by atoms with Crippen molar-refractivity contribution in [3.63, 3.8) is 0 Å². The summed E-state index contributed by atoms with van der Waals surface area (Å²) in [7, 11) is 0. The molecule has 8 heteroatoms. The Labute approximate surface area is 126 Å². The zero-order chi connectivity index (χ0) is 16.6. The third-order valence-corrected chi connectivity index (χ3v) is 3.15. The normalized spacial score (nSPS) is 11.7. The van der Waals surface area contributed by atoms with Crippen molar-refractivity contribution >= 4 is 22.7 Å². The number of anilines is 1. The number of nitrogens with zero attached hydrogens (tertiary/aromatic N) is 1. The van der Waals surface area contributed by atoms with Crippen molar-refractivity contribution < 1.29 is 26.9 Å². The van der Waals surface area contributed by atoms with Crippen LogP contribution in [-0.4, -0.2) is 11.1 Å². The van der Waals surface area contributed by atoms with Crippen LogP contribution in [0.1, 0.15) is 15.9 Å². The highest BCUT2D eigenvalue weighted by molar-refractivity contribution is 6.07. The number of carbonyl (C=O) groups excluding carboxylic acids is 1. The van der Waals surface area contributed by atoms with Crippen molar-refractivity contribution in [1.82, 2.24) is 5.16 Å². The van der Waals surface area contributed by atoms with Crippen LogP contribution in [0.15, 0.2) is 47.0 Å². The van der Waals surface area contributed by atoms with Crippen LogP contribution in [0.25, 0.3) is 11.0 Å². The van der Waals surface area contributed by atoms with Gasteiger partial charge in [0.2, 0.25) is 0 Å². The molecule has 23 heavy (non-hydrogen) atoms. The van der Waals surface area contributed by atoms with E-state index < -0.39 is 23.5 Å². The standard InChI is InChI=1S/C15H8F4N2O2/c16-11-7-8(5-6-10(11)15(17,18)19)14(22)20-13-9-3-1-2-4-12(9)23-21-13/h1-7H,(H,20,21,22). The maximum atomic E-state index is 13.5. The first kappa shape index (κ1) is 15.0. The smallest absolute Gasteiger partial charge is 0.354 e. The molecule has 1 N–H and O–H groups in total. The van der Waals surface area contributed by atoms with Gasteiger partial charge in [0.1, 0.15) is 5.82 Å². The molecule has 0 saturated carbocycles. The summed E-state index contributed by atoms with van der Waals surface area (Å²) in [4.78, 5) is 12.0. The van der Waals surface area contributed by atoms with E-state index in [-0.39, 0.29) is 11.4 Å². The lowest BCUT2D eigenvalue weighted by Crippen LogP contribution is -2.14. The Morgan fingerprint density at radius 1 is 1.13 bits per heavy atom. The molecule has 1 heterocycles. The summed E-state index contributed by atoms with van der Waals surface area (Å²) in [5.41, 5.74) is -1.26. The van der Waals surface area contributed by atoms with E-state index in [1.807, 2.05) is 0 Å². The summed E-state index contributed by atoms with van der Waals surface area (Å²) in [6.45, 7) is 0. The van der Waals surface area contributed by atoms with Gasteiger partial charge in [-0.1, -0.05) is 17.3 Å². The van der Waals surface area contributed by atoms with Gasteiger partial charge in [-0.2, -0.15) is 13.2 Å². The van der Waals surface area contributed by atoms with Crippen LogP contribution in [0.4, 0.5) is 23.4 Å². The maximum Gasteiger partial charge on any atom is 0.419 e. The Morgan fingerprint density at radius 3 is 2.57 bits per heavy atom. The highest BCUT2D eigenvalue weighted by Crippen LogP contribution is 2.31. The molecule has 4 nitrogen and oxygen atoms in total. The van der Waals surface area contributed by atoms with Crippen LogP contribution in [0.2, 0.25) is 0 Å². The number of hydrogen-bond acceptors (Lipinski definition) is 3. The van der Waals surface area contributed by atoms with E-state index in [4.69, 9.17) is 4.52 Å². The van der Waals surface area contributed by atoms with Crippen LogP contribution in [0.5, 0.6) is 0 Å². The van der Waals surface area contributed by atoms with Crippen molar-refractivity contribution in [3.8, 4) is 0 Å². The molecule has 0 aliphatic heterocycles. The van der Waals surface area contributed by atoms with E-state index in [0.29, 0.717) is 23.1 Å². The van der Waals surface area contributed by atoms with Crippen molar-refractivity contribution in [3.05, 3.63) is 59.4 Å². The molecule has 0 bridgehead atoms. The van der Waals surface area contributed by atoms with Crippen LogP contribution < -0.4 is 5.32 Å². The highest BCUT2D eigenvalue weighted by atomic mass is 19.4. The summed E-state index contributed by atoms with van der Waals surface area (Å²) in [6, 6.07) is 8.64. The second-order valence-electron chi connectivity index (χ2n) is 4.67. The van der Waals surface area contributed by atoms with Gasteiger partial charge < -0.3 is 9.84 Å². The molecule has 0 fully saturated rings. The van der Waals surface area contributed by atoms with E-state index in [9.17, 15) is 22.4 Å². The monoisotopic (exact) mass is 324 g/mol. The molecule has 0 saturated heterocycles. The van der Waals surface area contributed by atoms with Gasteiger partial charge in [-0.25, -0.2) is 4.39 Å². The van der Waals surface area contributed by atoms with Crippen LogP contribution in [-0.2, 0) is 6.18 Å². The lowest BCUT2D eigenvalue weighted by Gasteiger charge is -2.09. The Bertz CT molecular complexity index is 887. The van der Waals surface area contributed by atoms with E-state index in [2.05, 4.69) is 10.5 Å². The lowest BCUT2D eigenvalue weighted by molar-refractivity contribution is -0.140. The van der Waals surface area contributed by atoms with Gasteiger partial charge in [0.05, 0.1) is 10.9 Å². The molecule has 1 amide bonds. The Kier molecular flexibility index (Phi) is 3.51. The van der Waals surface area contributed by atoms with E-state index in [1.165, 1.54) is 0 Å². The van der Waals surface area contributed by atoms with E-state index in [1.54, 1.807) is 24.3 Å². The average molecular weight is 324 g/mol. The van der Waals surface area contributed by atoms with E-state index >= 15 is 0 Å². The second-order valence-corrected chi connectivity index (χ2v) is 4.67. The zero-order valence-corrected chi connectivity index (χ0v) is 11.3. The number of rotatable bonds is 2. The molecule has 118 valence electrons. The van der Waals surface area contributed by atoms with Crippen molar-refractivity contribution in [2.75, 3.05) is 5.32 Å². The first-order valence-corrected chi connectivity index (χ1v) is 6.39. The average Bonchev–Trinajstić information content (AvgIpc) is 2.89. The fourth-order valence-corrected chi connectivity index (χ4v) is 2.04. The number of fused-ring (bicyclic) bond motifs is 1. The minimum absolute atomic E-state index is 0.103. The molecule has 0 aliphatic rings. The van der Waals surface area contributed by atoms with Gasteiger partial charge in [-0.15, -0.1) is 0 Å². The lowest BCUT2D eigenvalue weighted by atomic mass is 10.1. The molecule has 0 spiro atoms. The number of aromatic nitrogens is 1. The molecule has 0 radical (unpaired) electrons. The number of halogens is 4. The van der Waals surface area contributed by atoms with Crippen LogP contribution >= 0.6 is 0 Å². The van der Waals surface area contributed by atoms with Gasteiger partial charge in [0.15, 0.2) is 11.4 Å². The van der Waals surface area contributed by atoms with E-state index in [0.717, 1.165) is 6.07 Å². The second kappa shape index (κ2) is 5.38. The van der Waals surface area contributed by atoms with Crippen molar-refractivity contribution in [1.29, 1.82) is 0 Å². The fraction of sp³-hybridized carbons (Fsp3) is 0.0667. The molecule has 2 aromatic carbocycles. The van der Waals surface area contributed by atoms with Crippen LogP contribution in [0, 0.1) is 5.82 Å². The minimum atomic E-state index is -4.82. The number of benzene rings is 2. The van der Waals surface area contributed by atoms with Crippen LogP contribution in [0.3, 0.4) is 0 Å². The van der Waals surface area contributed by atoms with Gasteiger partial charge in [0.25, 0.3) is 5.91 Å². The predicted octanol–water partition coefficient (Wildman–Crippen LogP) is 4.24. The molecule has 3 rings (SSSR count). The molecule has 0 aliphatic carbocycles. The minimum Gasteiger partial charge on any atom is -0.354 e. The fourth-order valence-electron chi connectivity index (χ4n) is 2.04. The predicted molar refractivity (Wildman–Crippen MR) is 73.4 cm³/mol. The summed E-state index contributed by atoms with van der Waals surface area (Å²) in [5.74, 6) is -2.21. The molecule has 3 aromatic rings. The highest BCUT2D eigenvalue weighted by Gasteiger charge is 2.34. The third kappa shape index (κ3) is 2.87. The first-order chi connectivity index (χ1) is 10.9. The number of carbonyl (C=O) groups is 1. The SMILES string of the molecule is O=C(Nc1noc2ccccc12)c1ccc(C(F)(F)F)c(F)c1. The number of alkyl halides is 3. The van der Waals surface area contributed by atoms with Gasteiger partial charge in [-0.3, -0.25) is 4.79 Å². The summed E-state index contributed by atoms with van der Waals surface area (Å²) >= 11 is 0. The third-order valence-electron chi connectivity index (χ3n) is 3.15. The van der Waals surface area contributed by atoms with Gasteiger partial charge >= 0.3 is 6.18 Å². The van der Waals surface area contributed by atoms with Gasteiger partial charge in [-0.05, 0) is 30.3 Å². The summed E-state index contributed by atoms with van der Waals surface area (Å²) in [6.07, 6.45) is -4.82. The first-order valence-electron chi connectivity index (χ1n) is 6.39. The maximum absolute atomic E-state index is 13.5. The number of amides is 1. The largest absolute Gasteiger partial charge is 0.419 e. The zero-order valence-electron chi connectivity index (χ0n) is 11.3. The van der Waals surface area contributed by atoms with Crippen molar-refractivity contribution in [2.24, 2.45) is 0 Å². The summed E-state index contributed by atoms with van der Waals surface area (Å²) < 4.78 is 56.0.